The van der Waals surface area contributed by atoms with Gasteiger partial charge in [0.25, 0.3) is 5.91 Å². The molecule has 0 N–H and O–H groups in total. The summed E-state index contributed by atoms with van der Waals surface area (Å²) in [6.07, 6.45) is 1.05. The highest BCUT2D eigenvalue weighted by atomic mass is 32.2. The SMILES string of the molecule is CC(=O)N(c1cccs1)C1C(=O)N2C(C(=O)OC(c3ccccc3)c3ccccc3)=C(c3cncs3)CSC12. The minimum Gasteiger partial charge on any atom is -0.448 e. The van der Waals surface area contributed by atoms with Gasteiger partial charge in [-0.05, 0) is 28.6 Å². The van der Waals surface area contributed by atoms with Crippen molar-refractivity contribution in [2.24, 2.45) is 0 Å². The lowest BCUT2D eigenvalue weighted by Gasteiger charge is -2.52. The molecule has 2 aliphatic rings. The Balaban J connectivity index is 1.38. The maximum absolute atomic E-state index is 14.1. The number of thiophene rings is 1. The molecule has 39 heavy (non-hydrogen) atoms. The number of fused-ring (bicyclic) bond motifs is 1. The highest BCUT2D eigenvalue weighted by Gasteiger charge is 2.57. The zero-order valence-electron chi connectivity index (χ0n) is 20.8. The third-order valence-corrected chi connectivity index (χ3v) is 9.62. The summed E-state index contributed by atoms with van der Waals surface area (Å²) < 4.78 is 6.21. The van der Waals surface area contributed by atoms with Crippen LogP contribution in [0.1, 0.15) is 29.0 Å². The van der Waals surface area contributed by atoms with Crippen molar-refractivity contribution in [3.8, 4) is 0 Å². The van der Waals surface area contributed by atoms with Gasteiger partial charge >= 0.3 is 5.97 Å². The topological polar surface area (TPSA) is 79.8 Å². The first-order chi connectivity index (χ1) is 19.0. The molecule has 2 amide bonds. The molecule has 0 bridgehead atoms. The van der Waals surface area contributed by atoms with Crippen LogP contribution in [0, 0.1) is 0 Å². The zero-order chi connectivity index (χ0) is 26.9. The van der Waals surface area contributed by atoms with Crippen molar-refractivity contribution in [2.45, 2.75) is 24.4 Å². The summed E-state index contributed by atoms with van der Waals surface area (Å²) in [5.74, 6) is -0.625. The van der Waals surface area contributed by atoms with Crippen molar-refractivity contribution in [1.29, 1.82) is 0 Å². The van der Waals surface area contributed by atoms with Gasteiger partial charge in [-0.15, -0.1) is 34.4 Å². The second kappa shape index (κ2) is 10.8. The Morgan fingerprint density at radius 2 is 1.69 bits per heavy atom. The Morgan fingerprint density at radius 1 is 1.00 bits per heavy atom. The largest absolute Gasteiger partial charge is 0.448 e. The molecule has 0 radical (unpaired) electrons. The number of anilines is 1. The van der Waals surface area contributed by atoms with Crippen molar-refractivity contribution >= 4 is 62.8 Å². The van der Waals surface area contributed by atoms with Crippen LogP contribution in [-0.2, 0) is 19.1 Å². The Bertz CT molecular complexity index is 1480. The number of benzene rings is 2. The lowest BCUT2D eigenvalue weighted by Crippen LogP contribution is -2.71. The van der Waals surface area contributed by atoms with Gasteiger partial charge in [-0.1, -0.05) is 60.7 Å². The maximum Gasteiger partial charge on any atom is 0.356 e. The second-order valence-electron chi connectivity index (χ2n) is 8.99. The highest BCUT2D eigenvalue weighted by Crippen LogP contribution is 2.47. The number of amides is 2. The summed E-state index contributed by atoms with van der Waals surface area (Å²) in [5.41, 5.74) is 4.28. The quantitative estimate of drug-likeness (QED) is 0.212. The maximum atomic E-state index is 14.1. The molecule has 6 rings (SSSR count). The number of hydrogen-bond donors (Lipinski definition) is 0. The first kappa shape index (κ1) is 25.5. The summed E-state index contributed by atoms with van der Waals surface area (Å²) in [5, 5.41) is 2.17. The van der Waals surface area contributed by atoms with Crippen LogP contribution >= 0.6 is 34.4 Å². The predicted octanol–water partition coefficient (Wildman–Crippen LogP) is 5.59. The van der Waals surface area contributed by atoms with Crippen LogP contribution in [0.25, 0.3) is 5.57 Å². The second-order valence-corrected chi connectivity index (χ2v) is 11.9. The van der Waals surface area contributed by atoms with Crippen molar-refractivity contribution < 1.29 is 19.1 Å². The number of hydrogen-bond acceptors (Lipinski definition) is 8. The van der Waals surface area contributed by atoms with Crippen molar-refractivity contribution in [2.75, 3.05) is 10.7 Å². The molecule has 4 heterocycles. The van der Waals surface area contributed by atoms with Gasteiger partial charge in [0, 0.05) is 24.4 Å². The molecule has 10 heteroatoms. The minimum absolute atomic E-state index is 0.217. The Kier molecular flexibility index (Phi) is 7.07. The normalized spacial score (nSPS) is 18.5. The first-order valence-electron chi connectivity index (χ1n) is 12.3. The molecule has 1 fully saturated rings. The number of thioether (sulfide) groups is 1. The number of aromatic nitrogens is 1. The van der Waals surface area contributed by atoms with E-state index in [0.29, 0.717) is 16.3 Å². The summed E-state index contributed by atoms with van der Waals surface area (Å²) in [6, 6.07) is 22.1. The van der Waals surface area contributed by atoms with Gasteiger partial charge < -0.3 is 4.74 Å². The molecule has 0 spiro atoms. The van der Waals surface area contributed by atoms with Gasteiger partial charge in [0.05, 0.1) is 15.4 Å². The van der Waals surface area contributed by atoms with Gasteiger partial charge in [-0.25, -0.2) is 4.79 Å². The fourth-order valence-corrected chi connectivity index (χ4v) is 7.87. The number of esters is 1. The summed E-state index contributed by atoms with van der Waals surface area (Å²) in [6.45, 7) is 1.46. The number of carbonyl (C=O) groups excluding carboxylic acids is 3. The van der Waals surface area contributed by atoms with Crippen LogP contribution in [-0.4, -0.2) is 44.8 Å². The van der Waals surface area contributed by atoms with Crippen LogP contribution in [0.15, 0.2) is 95.6 Å². The number of β-lactam (4-membered cyclic amide) rings is 1. The van der Waals surface area contributed by atoms with Gasteiger partial charge in [0.1, 0.15) is 17.1 Å². The first-order valence-corrected chi connectivity index (χ1v) is 15.1. The molecule has 1 saturated heterocycles. The minimum atomic E-state index is -0.698. The van der Waals surface area contributed by atoms with Crippen molar-refractivity contribution in [3.63, 3.8) is 0 Å². The molecule has 2 atom stereocenters. The molecule has 4 aromatic rings. The van der Waals surface area contributed by atoms with Crippen LogP contribution in [0.5, 0.6) is 0 Å². The van der Waals surface area contributed by atoms with Gasteiger partial charge in [0.2, 0.25) is 5.91 Å². The lowest BCUT2D eigenvalue weighted by atomic mass is 9.99. The number of rotatable bonds is 7. The summed E-state index contributed by atoms with van der Waals surface area (Å²) in [4.78, 5) is 48.5. The molecule has 0 aliphatic carbocycles. The highest BCUT2D eigenvalue weighted by molar-refractivity contribution is 8.00. The van der Waals surface area contributed by atoms with E-state index in [1.54, 1.807) is 16.6 Å². The molecule has 7 nitrogen and oxygen atoms in total. The average molecular weight is 574 g/mol. The molecular formula is C29H23N3O4S3. The zero-order valence-corrected chi connectivity index (χ0v) is 23.2. The third kappa shape index (κ3) is 4.69. The monoisotopic (exact) mass is 573 g/mol. The Morgan fingerprint density at radius 3 is 2.26 bits per heavy atom. The van der Waals surface area contributed by atoms with Crippen LogP contribution < -0.4 is 4.90 Å². The van der Waals surface area contributed by atoms with Gasteiger partial charge in [-0.3, -0.25) is 24.4 Å². The molecule has 0 saturated carbocycles. The number of nitrogens with zero attached hydrogens (tertiary/aromatic N) is 3. The summed E-state index contributed by atoms with van der Waals surface area (Å²) >= 11 is 4.35. The smallest absolute Gasteiger partial charge is 0.356 e. The fourth-order valence-electron chi connectivity index (χ4n) is 4.89. The Labute approximate surface area is 237 Å². The fraction of sp³-hybridized carbons (Fsp3) is 0.172. The van der Waals surface area contributed by atoms with Crippen molar-refractivity contribution in [3.05, 3.63) is 112 Å². The predicted molar refractivity (Wildman–Crippen MR) is 154 cm³/mol. The molecule has 196 valence electrons. The van der Waals surface area contributed by atoms with E-state index < -0.39 is 23.5 Å². The average Bonchev–Trinajstić information content (AvgIpc) is 3.69. The van der Waals surface area contributed by atoms with E-state index in [1.165, 1.54) is 46.3 Å². The molecule has 2 aromatic carbocycles. The van der Waals surface area contributed by atoms with E-state index >= 15 is 0 Å². The standard InChI is InChI=1S/C29H23N3O4S3/c1-18(33)31(23-13-8-14-37-23)25-27(34)32-24(21(16-38-28(25)32)22-15-30-17-39-22)29(35)36-26(19-9-4-2-5-10-19)20-11-6-3-7-12-20/h2-15,17,25-26,28H,16H2,1H3. The summed E-state index contributed by atoms with van der Waals surface area (Å²) in [7, 11) is 0. The van der Waals surface area contributed by atoms with E-state index in [0.717, 1.165) is 16.0 Å². The molecule has 2 aromatic heterocycles. The van der Waals surface area contributed by atoms with Crippen LogP contribution in [0.3, 0.4) is 0 Å². The molecule has 2 aliphatic heterocycles. The van der Waals surface area contributed by atoms with Crippen LogP contribution in [0.2, 0.25) is 0 Å². The van der Waals surface area contributed by atoms with Crippen molar-refractivity contribution in [1.82, 2.24) is 9.88 Å². The lowest BCUT2D eigenvalue weighted by molar-refractivity contribution is -0.153. The van der Waals surface area contributed by atoms with E-state index in [9.17, 15) is 14.4 Å². The van der Waals surface area contributed by atoms with Gasteiger partial charge in [-0.2, -0.15) is 0 Å². The van der Waals surface area contributed by atoms with Crippen LogP contribution in [0.4, 0.5) is 5.00 Å². The van der Waals surface area contributed by atoms with E-state index in [2.05, 4.69) is 4.98 Å². The molecule has 2 unspecified atom stereocenters. The van der Waals surface area contributed by atoms with Gasteiger partial charge in [0.15, 0.2) is 6.10 Å². The Hall–Kier alpha value is -3.73. The number of carbonyl (C=O) groups is 3. The number of ether oxygens (including phenoxy) is 1. The van der Waals surface area contributed by atoms with E-state index in [-0.39, 0.29) is 17.5 Å². The number of thiazole rings is 1. The third-order valence-electron chi connectivity index (χ3n) is 6.65. The van der Waals surface area contributed by atoms with E-state index in [1.807, 2.05) is 78.2 Å². The van der Waals surface area contributed by atoms with E-state index in [4.69, 9.17) is 4.74 Å². The molecular weight excluding hydrogens is 551 g/mol.